The molecule has 158 valence electrons. The van der Waals surface area contributed by atoms with Crippen molar-refractivity contribution in [1.82, 2.24) is 20.4 Å². The second-order valence-corrected chi connectivity index (χ2v) is 7.95. The van der Waals surface area contributed by atoms with Crippen LogP contribution < -0.4 is 10.2 Å². The van der Waals surface area contributed by atoms with Crippen molar-refractivity contribution in [2.45, 2.75) is 0 Å². The number of benzene rings is 2. The Hall–Kier alpha value is -3.34. The molecule has 0 unspecified atom stereocenters. The predicted molar refractivity (Wildman–Crippen MR) is 122 cm³/mol. The second kappa shape index (κ2) is 9.21. The van der Waals surface area contributed by atoms with Gasteiger partial charge in [-0.05, 0) is 37.4 Å². The van der Waals surface area contributed by atoms with Crippen LogP contribution in [0.15, 0.2) is 48.5 Å². The van der Waals surface area contributed by atoms with E-state index in [0.717, 1.165) is 59.4 Å². The van der Waals surface area contributed by atoms with Crippen molar-refractivity contribution in [3.05, 3.63) is 59.1 Å². The number of likely N-dealkylation sites (N-methyl/N-ethyl adjacent to an activating group) is 1. The van der Waals surface area contributed by atoms with Gasteiger partial charge in [0.1, 0.15) is 6.54 Å². The fourth-order valence-electron chi connectivity index (χ4n) is 3.64. The fourth-order valence-corrected chi connectivity index (χ4v) is 3.94. The van der Waals surface area contributed by atoms with E-state index in [0.29, 0.717) is 5.56 Å². The van der Waals surface area contributed by atoms with Gasteiger partial charge < -0.3 is 15.1 Å². The van der Waals surface area contributed by atoms with Gasteiger partial charge in [-0.1, -0.05) is 29.8 Å². The molecular formula is C23H23ClN6O. The summed E-state index contributed by atoms with van der Waals surface area (Å²) in [5, 5.41) is 19.4. The highest BCUT2D eigenvalue weighted by Crippen LogP contribution is 2.32. The maximum absolute atomic E-state index is 12.1. The summed E-state index contributed by atoms with van der Waals surface area (Å²) in [6, 6.07) is 17.1. The summed E-state index contributed by atoms with van der Waals surface area (Å²) in [4.78, 5) is 16.7. The van der Waals surface area contributed by atoms with E-state index >= 15 is 0 Å². The summed E-state index contributed by atoms with van der Waals surface area (Å²) < 4.78 is 0. The van der Waals surface area contributed by atoms with Gasteiger partial charge >= 0.3 is 0 Å². The molecule has 0 atom stereocenters. The van der Waals surface area contributed by atoms with Crippen molar-refractivity contribution >= 4 is 23.2 Å². The highest BCUT2D eigenvalue weighted by atomic mass is 35.5. The molecule has 1 aliphatic heterocycles. The number of hydrogen-bond donors (Lipinski definition) is 2. The number of aromatic nitrogens is 2. The number of piperazine rings is 1. The number of anilines is 1. The SMILES string of the molecule is CN1CCN(c2ccc(-c3cc(-c4cccc(C(=O)NCC#N)c4)n[nH]3)cc2Cl)CC1. The number of nitrogens with one attached hydrogen (secondary N) is 2. The highest BCUT2D eigenvalue weighted by Gasteiger charge is 2.17. The molecule has 1 aliphatic rings. The lowest BCUT2D eigenvalue weighted by molar-refractivity contribution is 0.0958. The van der Waals surface area contributed by atoms with Gasteiger partial charge in [-0.3, -0.25) is 9.89 Å². The number of nitrogens with zero attached hydrogens (tertiary/aromatic N) is 4. The van der Waals surface area contributed by atoms with E-state index in [1.165, 1.54) is 0 Å². The zero-order valence-corrected chi connectivity index (χ0v) is 18.0. The molecule has 8 heteroatoms. The Morgan fingerprint density at radius 2 is 1.97 bits per heavy atom. The number of amides is 1. The van der Waals surface area contributed by atoms with Gasteiger partial charge in [0, 0.05) is 42.9 Å². The molecule has 1 aromatic heterocycles. The molecule has 1 fully saturated rings. The molecule has 2 heterocycles. The quantitative estimate of drug-likeness (QED) is 0.601. The van der Waals surface area contributed by atoms with E-state index in [2.05, 4.69) is 38.4 Å². The smallest absolute Gasteiger partial charge is 0.252 e. The van der Waals surface area contributed by atoms with Gasteiger partial charge in [0.05, 0.1) is 28.2 Å². The van der Waals surface area contributed by atoms with Crippen LogP contribution in [-0.2, 0) is 0 Å². The van der Waals surface area contributed by atoms with Crippen molar-refractivity contribution in [3.63, 3.8) is 0 Å². The number of nitriles is 1. The van der Waals surface area contributed by atoms with Crippen molar-refractivity contribution in [2.75, 3.05) is 44.7 Å². The molecule has 4 rings (SSSR count). The monoisotopic (exact) mass is 434 g/mol. The largest absolute Gasteiger partial charge is 0.368 e. The minimum absolute atomic E-state index is 0.0273. The Kier molecular flexibility index (Phi) is 6.21. The van der Waals surface area contributed by atoms with Crippen LogP contribution in [-0.4, -0.2) is 60.8 Å². The van der Waals surface area contributed by atoms with Crippen LogP contribution in [0.1, 0.15) is 10.4 Å². The number of carbonyl (C=O) groups is 1. The zero-order chi connectivity index (χ0) is 21.8. The first kappa shape index (κ1) is 20.9. The van der Waals surface area contributed by atoms with E-state index in [-0.39, 0.29) is 12.5 Å². The molecule has 0 aliphatic carbocycles. The van der Waals surface area contributed by atoms with Crippen LogP contribution in [0.5, 0.6) is 0 Å². The third-order valence-corrected chi connectivity index (χ3v) is 5.73. The van der Waals surface area contributed by atoms with E-state index < -0.39 is 0 Å². The number of rotatable bonds is 5. The number of halogens is 1. The van der Waals surface area contributed by atoms with Crippen LogP contribution in [0.25, 0.3) is 22.5 Å². The molecular weight excluding hydrogens is 412 g/mol. The summed E-state index contributed by atoms with van der Waals surface area (Å²) in [6.45, 7) is 3.94. The minimum atomic E-state index is -0.287. The molecule has 1 saturated heterocycles. The zero-order valence-electron chi connectivity index (χ0n) is 17.2. The summed E-state index contributed by atoms with van der Waals surface area (Å²) in [5.74, 6) is -0.287. The van der Waals surface area contributed by atoms with Crippen molar-refractivity contribution < 1.29 is 4.79 Å². The Morgan fingerprint density at radius 3 is 2.71 bits per heavy atom. The molecule has 3 aromatic rings. The van der Waals surface area contributed by atoms with Crippen LogP contribution in [0.2, 0.25) is 5.02 Å². The molecule has 7 nitrogen and oxygen atoms in total. The number of hydrogen-bond acceptors (Lipinski definition) is 5. The molecule has 2 aromatic carbocycles. The number of H-pyrrole nitrogens is 1. The van der Waals surface area contributed by atoms with E-state index in [4.69, 9.17) is 16.9 Å². The average molecular weight is 435 g/mol. The normalized spacial score (nSPS) is 14.3. The van der Waals surface area contributed by atoms with Gasteiger partial charge in [0.25, 0.3) is 5.91 Å². The van der Waals surface area contributed by atoms with Gasteiger partial charge in [-0.25, -0.2) is 0 Å². The standard InChI is InChI=1S/C23H23ClN6O/c1-29-9-11-30(12-10-29)22-6-5-17(14-19(22)24)21-15-20(27-28-21)16-3-2-4-18(13-16)23(31)26-8-7-25/h2-6,13-15H,8-12H2,1H3,(H,26,31)(H,27,28). The fraction of sp³-hybridized carbons (Fsp3) is 0.261. The third kappa shape index (κ3) is 4.71. The summed E-state index contributed by atoms with van der Waals surface area (Å²) in [7, 11) is 2.13. The Balaban J connectivity index is 1.53. The van der Waals surface area contributed by atoms with Gasteiger partial charge in [0.15, 0.2) is 0 Å². The highest BCUT2D eigenvalue weighted by molar-refractivity contribution is 6.33. The first-order chi connectivity index (χ1) is 15.0. The lowest BCUT2D eigenvalue weighted by Gasteiger charge is -2.34. The van der Waals surface area contributed by atoms with E-state index in [1.54, 1.807) is 18.2 Å². The first-order valence-corrected chi connectivity index (χ1v) is 10.5. The molecule has 31 heavy (non-hydrogen) atoms. The molecule has 0 saturated carbocycles. The van der Waals surface area contributed by atoms with Crippen LogP contribution >= 0.6 is 11.6 Å². The third-order valence-electron chi connectivity index (χ3n) is 5.43. The number of carbonyl (C=O) groups excluding carboxylic acids is 1. The Labute approximate surface area is 186 Å². The van der Waals surface area contributed by atoms with Crippen molar-refractivity contribution in [3.8, 4) is 28.6 Å². The predicted octanol–water partition coefficient (Wildman–Crippen LogP) is 3.40. The average Bonchev–Trinajstić information content (AvgIpc) is 3.29. The van der Waals surface area contributed by atoms with Crippen LogP contribution in [0.3, 0.4) is 0 Å². The molecule has 2 N–H and O–H groups in total. The Morgan fingerprint density at radius 1 is 1.16 bits per heavy atom. The topological polar surface area (TPSA) is 88.0 Å². The molecule has 0 spiro atoms. The van der Waals surface area contributed by atoms with Crippen molar-refractivity contribution in [1.29, 1.82) is 5.26 Å². The summed E-state index contributed by atoms with van der Waals surface area (Å²) in [5.41, 5.74) is 4.87. The molecule has 0 bridgehead atoms. The summed E-state index contributed by atoms with van der Waals surface area (Å²) >= 11 is 6.61. The van der Waals surface area contributed by atoms with E-state index in [1.807, 2.05) is 30.3 Å². The molecule has 0 radical (unpaired) electrons. The minimum Gasteiger partial charge on any atom is -0.368 e. The van der Waals surface area contributed by atoms with Gasteiger partial charge in [-0.2, -0.15) is 10.4 Å². The lowest BCUT2D eigenvalue weighted by Crippen LogP contribution is -2.44. The maximum Gasteiger partial charge on any atom is 0.252 e. The Bertz CT molecular complexity index is 1130. The van der Waals surface area contributed by atoms with Crippen LogP contribution in [0, 0.1) is 11.3 Å². The van der Waals surface area contributed by atoms with Crippen LogP contribution in [0.4, 0.5) is 5.69 Å². The second-order valence-electron chi connectivity index (χ2n) is 7.54. The van der Waals surface area contributed by atoms with Gasteiger partial charge in [0.2, 0.25) is 0 Å². The van der Waals surface area contributed by atoms with E-state index in [9.17, 15) is 4.79 Å². The maximum atomic E-state index is 12.1. The lowest BCUT2D eigenvalue weighted by atomic mass is 10.1. The number of aromatic amines is 1. The van der Waals surface area contributed by atoms with Crippen molar-refractivity contribution in [2.24, 2.45) is 0 Å². The first-order valence-electron chi connectivity index (χ1n) is 10.1. The molecule has 1 amide bonds. The van der Waals surface area contributed by atoms with Gasteiger partial charge in [-0.15, -0.1) is 0 Å². The summed E-state index contributed by atoms with van der Waals surface area (Å²) in [6.07, 6.45) is 0.